The molecule has 0 bridgehead atoms. The summed E-state index contributed by atoms with van der Waals surface area (Å²) >= 11 is 0. The van der Waals surface area contributed by atoms with E-state index in [1.165, 1.54) is 10.6 Å². The minimum Gasteiger partial charge on any atom is -0.369 e. The van der Waals surface area contributed by atoms with Gasteiger partial charge in [-0.2, -0.15) is 0 Å². The summed E-state index contributed by atoms with van der Waals surface area (Å²) in [6.07, 6.45) is 5.87. The molecule has 0 aliphatic heterocycles. The van der Waals surface area contributed by atoms with Crippen LogP contribution >= 0.6 is 0 Å². The molecular formula is C23H24FN5O2. The van der Waals surface area contributed by atoms with Gasteiger partial charge in [0.1, 0.15) is 5.69 Å². The molecule has 3 N–H and O–H groups in total. The van der Waals surface area contributed by atoms with E-state index < -0.39 is 5.82 Å². The maximum atomic E-state index is 14.6. The number of aryl methyl sites for hydroxylation is 1. The minimum atomic E-state index is -0.545. The SMILES string of the molecule is Cc1ccc(=O)n(-c2cccc(-c3nc(NC4CCC(C(N)=O)CC4)ncc3F)c2)c1. The third-order valence-electron chi connectivity index (χ3n) is 5.66. The topological polar surface area (TPSA) is 103 Å². The van der Waals surface area contributed by atoms with Crippen LogP contribution in [0.1, 0.15) is 31.2 Å². The zero-order valence-electron chi connectivity index (χ0n) is 17.2. The Hall–Kier alpha value is -3.55. The second-order valence-corrected chi connectivity index (χ2v) is 7.95. The zero-order chi connectivity index (χ0) is 22.0. The van der Waals surface area contributed by atoms with Crippen LogP contribution in [0.4, 0.5) is 10.3 Å². The summed E-state index contributed by atoms with van der Waals surface area (Å²) < 4.78 is 16.1. The molecule has 1 fully saturated rings. The van der Waals surface area contributed by atoms with Gasteiger partial charge in [-0.1, -0.05) is 18.2 Å². The van der Waals surface area contributed by atoms with E-state index in [-0.39, 0.29) is 29.1 Å². The van der Waals surface area contributed by atoms with Crippen molar-refractivity contribution in [2.24, 2.45) is 11.7 Å². The average Bonchev–Trinajstić information content (AvgIpc) is 2.77. The molecule has 1 aromatic carbocycles. The van der Waals surface area contributed by atoms with Crippen molar-refractivity contribution in [1.82, 2.24) is 14.5 Å². The molecule has 7 nitrogen and oxygen atoms in total. The first kappa shape index (κ1) is 20.7. The van der Waals surface area contributed by atoms with Crippen molar-refractivity contribution in [3.8, 4) is 16.9 Å². The summed E-state index contributed by atoms with van der Waals surface area (Å²) in [5.74, 6) is -0.560. The van der Waals surface area contributed by atoms with Crippen LogP contribution in [0.5, 0.6) is 0 Å². The van der Waals surface area contributed by atoms with Gasteiger partial charge in [0.05, 0.1) is 6.20 Å². The Balaban J connectivity index is 1.59. The lowest BCUT2D eigenvalue weighted by Crippen LogP contribution is -2.32. The number of anilines is 1. The van der Waals surface area contributed by atoms with Gasteiger partial charge in [0, 0.05) is 35.5 Å². The molecule has 0 saturated heterocycles. The Labute approximate surface area is 179 Å². The summed E-state index contributed by atoms with van der Waals surface area (Å²) in [5.41, 5.74) is 7.50. The monoisotopic (exact) mass is 421 g/mol. The minimum absolute atomic E-state index is 0.0875. The van der Waals surface area contributed by atoms with E-state index in [0.717, 1.165) is 24.6 Å². The van der Waals surface area contributed by atoms with E-state index in [1.807, 2.05) is 6.92 Å². The quantitative estimate of drug-likeness (QED) is 0.659. The van der Waals surface area contributed by atoms with E-state index in [2.05, 4.69) is 15.3 Å². The summed E-state index contributed by atoms with van der Waals surface area (Å²) in [5, 5.41) is 3.24. The number of aromatic nitrogens is 3. The number of primary amides is 1. The number of carbonyl (C=O) groups excluding carboxylic acids is 1. The first-order valence-electron chi connectivity index (χ1n) is 10.3. The zero-order valence-corrected chi connectivity index (χ0v) is 17.2. The molecule has 8 heteroatoms. The average molecular weight is 421 g/mol. The van der Waals surface area contributed by atoms with Crippen molar-refractivity contribution in [2.75, 3.05) is 5.32 Å². The van der Waals surface area contributed by atoms with Crippen LogP contribution in [0.2, 0.25) is 0 Å². The van der Waals surface area contributed by atoms with Crippen LogP contribution in [0.15, 0.2) is 53.6 Å². The number of rotatable bonds is 5. The smallest absolute Gasteiger partial charge is 0.255 e. The molecule has 1 amide bonds. The predicted molar refractivity (Wildman–Crippen MR) is 116 cm³/mol. The van der Waals surface area contributed by atoms with Gasteiger partial charge in [-0.3, -0.25) is 14.2 Å². The van der Waals surface area contributed by atoms with Crippen molar-refractivity contribution in [3.63, 3.8) is 0 Å². The number of hydrogen-bond donors (Lipinski definition) is 2. The number of benzene rings is 1. The summed E-state index contributed by atoms with van der Waals surface area (Å²) in [6.45, 7) is 1.90. The van der Waals surface area contributed by atoms with Crippen molar-refractivity contribution in [1.29, 1.82) is 0 Å². The molecule has 160 valence electrons. The van der Waals surface area contributed by atoms with Gasteiger partial charge < -0.3 is 11.1 Å². The van der Waals surface area contributed by atoms with Crippen LogP contribution in [-0.4, -0.2) is 26.5 Å². The molecule has 3 aromatic rings. The second-order valence-electron chi connectivity index (χ2n) is 7.95. The molecule has 2 heterocycles. The number of amides is 1. The van der Waals surface area contributed by atoms with Crippen molar-refractivity contribution in [2.45, 2.75) is 38.6 Å². The number of nitrogens with one attached hydrogen (secondary N) is 1. The van der Waals surface area contributed by atoms with Gasteiger partial charge in [-0.25, -0.2) is 14.4 Å². The third kappa shape index (κ3) is 4.63. The second kappa shape index (κ2) is 8.67. The summed E-state index contributed by atoms with van der Waals surface area (Å²) in [6, 6.07) is 10.4. The number of hydrogen-bond acceptors (Lipinski definition) is 5. The fourth-order valence-electron chi connectivity index (χ4n) is 3.94. The number of nitrogens with zero attached hydrogens (tertiary/aromatic N) is 3. The van der Waals surface area contributed by atoms with Crippen molar-refractivity contribution < 1.29 is 9.18 Å². The van der Waals surface area contributed by atoms with Crippen molar-refractivity contribution >= 4 is 11.9 Å². The first-order valence-corrected chi connectivity index (χ1v) is 10.3. The highest BCUT2D eigenvalue weighted by molar-refractivity contribution is 5.76. The van der Waals surface area contributed by atoms with E-state index in [4.69, 9.17) is 5.73 Å². The molecule has 1 aliphatic carbocycles. The lowest BCUT2D eigenvalue weighted by molar-refractivity contribution is -0.122. The van der Waals surface area contributed by atoms with Gasteiger partial charge in [-0.15, -0.1) is 0 Å². The van der Waals surface area contributed by atoms with Crippen LogP contribution in [0.25, 0.3) is 16.9 Å². The van der Waals surface area contributed by atoms with Crippen LogP contribution in [0, 0.1) is 18.7 Å². The Kier molecular flexibility index (Phi) is 5.79. The highest BCUT2D eigenvalue weighted by atomic mass is 19.1. The van der Waals surface area contributed by atoms with Gasteiger partial charge in [0.25, 0.3) is 5.56 Å². The lowest BCUT2D eigenvalue weighted by Gasteiger charge is -2.27. The third-order valence-corrected chi connectivity index (χ3v) is 5.66. The Morgan fingerprint density at radius 3 is 2.71 bits per heavy atom. The normalized spacial score (nSPS) is 18.5. The Bertz CT molecular complexity index is 1170. The standard InChI is InChI=1S/C23H24FN5O2/c1-14-5-10-20(30)29(13-14)18-4-2-3-16(11-18)21-19(24)12-26-23(28-21)27-17-8-6-15(7-9-17)22(25)31/h2-5,10-13,15,17H,6-9H2,1H3,(H2,25,31)(H,26,27,28). The molecule has 0 spiro atoms. The maximum Gasteiger partial charge on any atom is 0.255 e. The summed E-state index contributed by atoms with van der Waals surface area (Å²) in [7, 11) is 0. The highest BCUT2D eigenvalue weighted by Gasteiger charge is 2.25. The van der Waals surface area contributed by atoms with E-state index >= 15 is 0 Å². The molecule has 1 saturated carbocycles. The maximum absolute atomic E-state index is 14.6. The molecule has 0 atom stereocenters. The number of nitrogens with two attached hydrogens (primary N) is 1. The predicted octanol–water partition coefficient (Wildman–Crippen LogP) is 3.20. The van der Waals surface area contributed by atoms with E-state index in [0.29, 0.717) is 30.0 Å². The van der Waals surface area contributed by atoms with Gasteiger partial charge in [0.2, 0.25) is 11.9 Å². The molecule has 4 rings (SSSR count). The summed E-state index contributed by atoms with van der Waals surface area (Å²) in [4.78, 5) is 32.1. The number of halogens is 1. The van der Waals surface area contributed by atoms with Gasteiger partial charge >= 0.3 is 0 Å². The van der Waals surface area contributed by atoms with E-state index in [1.54, 1.807) is 36.5 Å². The molecule has 0 unspecified atom stereocenters. The number of pyridine rings is 1. The molecule has 0 radical (unpaired) electrons. The fraction of sp³-hybridized carbons (Fsp3) is 0.304. The number of carbonyl (C=O) groups is 1. The molecule has 2 aromatic heterocycles. The van der Waals surface area contributed by atoms with Gasteiger partial charge in [-0.05, 0) is 50.3 Å². The Morgan fingerprint density at radius 1 is 1.19 bits per heavy atom. The van der Waals surface area contributed by atoms with Gasteiger partial charge in [0.15, 0.2) is 5.82 Å². The molecular weight excluding hydrogens is 397 g/mol. The largest absolute Gasteiger partial charge is 0.369 e. The Morgan fingerprint density at radius 2 is 1.97 bits per heavy atom. The van der Waals surface area contributed by atoms with Crippen LogP contribution in [-0.2, 0) is 4.79 Å². The highest BCUT2D eigenvalue weighted by Crippen LogP contribution is 2.27. The molecule has 1 aliphatic rings. The first-order chi connectivity index (χ1) is 14.9. The van der Waals surface area contributed by atoms with Crippen LogP contribution in [0.3, 0.4) is 0 Å². The lowest BCUT2D eigenvalue weighted by atomic mass is 9.86. The van der Waals surface area contributed by atoms with Crippen LogP contribution < -0.4 is 16.6 Å². The van der Waals surface area contributed by atoms with E-state index in [9.17, 15) is 14.0 Å². The van der Waals surface area contributed by atoms with Crippen molar-refractivity contribution in [3.05, 3.63) is 70.5 Å². The molecule has 31 heavy (non-hydrogen) atoms. The fourth-order valence-corrected chi connectivity index (χ4v) is 3.94.